The zero-order valence-corrected chi connectivity index (χ0v) is 20.0. The Balaban J connectivity index is 1.40. The summed E-state index contributed by atoms with van der Waals surface area (Å²) in [6.07, 6.45) is 0. The van der Waals surface area contributed by atoms with Gasteiger partial charge in [-0.05, 0) is 61.0 Å². The average Bonchev–Trinajstić information content (AvgIpc) is 3.22. The van der Waals surface area contributed by atoms with Gasteiger partial charge in [0.15, 0.2) is 5.16 Å². The summed E-state index contributed by atoms with van der Waals surface area (Å²) >= 11 is 1.20. The van der Waals surface area contributed by atoms with Crippen molar-refractivity contribution < 1.29 is 9.18 Å². The summed E-state index contributed by atoms with van der Waals surface area (Å²) in [5.74, 6) is -0.0871. The van der Waals surface area contributed by atoms with Crippen molar-refractivity contribution in [2.24, 2.45) is 0 Å². The van der Waals surface area contributed by atoms with E-state index in [0.717, 1.165) is 10.8 Å². The van der Waals surface area contributed by atoms with Gasteiger partial charge in [0.25, 0.3) is 5.56 Å². The number of anilines is 1. The lowest BCUT2D eigenvalue weighted by molar-refractivity contribution is -0.113. The Labute approximate surface area is 204 Å². The van der Waals surface area contributed by atoms with Crippen molar-refractivity contribution in [2.75, 3.05) is 11.1 Å². The number of fused-ring (bicyclic) bond motifs is 2. The SMILES string of the molecule is CCn1c(SCC(=O)Nc2cc(C)nn2-c2ccc(F)cc2)nc2cc3ccccc3cc2c1=O. The van der Waals surface area contributed by atoms with Gasteiger partial charge in [-0.25, -0.2) is 14.1 Å². The summed E-state index contributed by atoms with van der Waals surface area (Å²) < 4.78 is 16.5. The minimum Gasteiger partial charge on any atom is -0.310 e. The third-order valence-electron chi connectivity index (χ3n) is 5.61. The molecule has 2 heterocycles. The molecule has 0 aliphatic heterocycles. The smallest absolute Gasteiger partial charge is 0.262 e. The molecule has 0 radical (unpaired) electrons. The number of aromatic nitrogens is 4. The monoisotopic (exact) mass is 487 g/mol. The van der Waals surface area contributed by atoms with Crippen molar-refractivity contribution in [3.05, 3.63) is 88.6 Å². The number of benzene rings is 3. The summed E-state index contributed by atoms with van der Waals surface area (Å²) in [6.45, 7) is 4.13. The summed E-state index contributed by atoms with van der Waals surface area (Å²) in [4.78, 5) is 30.7. The number of rotatable bonds is 6. The Hall–Kier alpha value is -3.98. The van der Waals surface area contributed by atoms with E-state index in [1.54, 1.807) is 27.4 Å². The Bertz CT molecular complexity index is 1630. The maximum absolute atomic E-state index is 13.3. The number of aryl methyl sites for hydroxylation is 1. The van der Waals surface area contributed by atoms with Gasteiger partial charge in [-0.1, -0.05) is 36.0 Å². The number of nitrogens with one attached hydrogen (secondary N) is 1. The molecule has 0 fully saturated rings. The van der Waals surface area contributed by atoms with E-state index in [4.69, 9.17) is 4.98 Å². The van der Waals surface area contributed by atoms with Gasteiger partial charge < -0.3 is 5.32 Å². The minimum atomic E-state index is -0.350. The van der Waals surface area contributed by atoms with Crippen LogP contribution in [-0.2, 0) is 11.3 Å². The molecule has 0 atom stereocenters. The van der Waals surface area contributed by atoms with Crippen LogP contribution in [0.15, 0.2) is 76.7 Å². The largest absolute Gasteiger partial charge is 0.310 e. The summed E-state index contributed by atoms with van der Waals surface area (Å²) in [5.41, 5.74) is 1.81. The highest BCUT2D eigenvalue weighted by Gasteiger charge is 2.15. The van der Waals surface area contributed by atoms with Crippen LogP contribution < -0.4 is 10.9 Å². The van der Waals surface area contributed by atoms with Crippen LogP contribution >= 0.6 is 11.8 Å². The lowest BCUT2D eigenvalue weighted by Gasteiger charge is -2.12. The number of carbonyl (C=O) groups is 1. The molecule has 0 aliphatic carbocycles. The van der Waals surface area contributed by atoms with Gasteiger partial charge in [-0.2, -0.15) is 5.10 Å². The second-order valence-corrected chi connectivity index (χ2v) is 9.00. The fourth-order valence-electron chi connectivity index (χ4n) is 3.95. The molecule has 0 unspecified atom stereocenters. The number of hydrogen-bond acceptors (Lipinski definition) is 5. The quantitative estimate of drug-likeness (QED) is 0.209. The normalized spacial score (nSPS) is 11.3. The van der Waals surface area contributed by atoms with E-state index >= 15 is 0 Å². The third-order valence-corrected chi connectivity index (χ3v) is 6.58. The molecule has 2 aromatic heterocycles. The molecule has 0 bridgehead atoms. The lowest BCUT2D eigenvalue weighted by Crippen LogP contribution is -2.23. The summed E-state index contributed by atoms with van der Waals surface area (Å²) in [5, 5.41) is 10.3. The molecule has 176 valence electrons. The van der Waals surface area contributed by atoms with Crippen molar-refractivity contribution >= 4 is 45.2 Å². The second kappa shape index (κ2) is 9.34. The van der Waals surface area contributed by atoms with Crippen molar-refractivity contribution in [1.82, 2.24) is 19.3 Å². The van der Waals surface area contributed by atoms with E-state index in [1.807, 2.05) is 50.2 Å². The van der Waals surface area contributed by atoms with Gasteiger partial charge in [-0.3, -0.25) is 14.2 Å². The first-order valence-electron chi connectivity index (χ1n) is 11.1. The number of carbonyl (C=O) groups excluding carboxylic acids is 1. The van der Waals surface area contributed by atoms with Crippen LogP contribution in [0.25, 0.3) is 27.4 Å². The number of hydrogen-bond donors (Lipinski definition) is 1. The number of thioether (sulfide) groups is 1. The van der Waals surface area contributed by atoms with E-state index in [2.05, 4.69) is 10.4 Å². The molecular weight excluding hydrogens is 465 g/mol. The number of amides is 1. The van der Waals surface area contributed by atoms with Crippen molar-refractivity contribution in [1.29, 1.82) is 0 Å². The standard InChI is InChI=1S/C26H22FN5O2S/c1-3-31-25(34)21-13-17-6-4-5-7-18(17)14-22(21)28-26(31)35-15-24(33)29-23-12-16(2)30-32(23)20-10-8-19(27)9-11-20/h4-14H,3,15H2,1-2H3,(H,29,33). The molecule has 0 aliphatic rings. The van der Waals surface area contributed by atoms with Gasteiger partial charge in [0, 0.05) is 12.6 Å². The molecule has 0 saturated heterocycles. The first kappa shape index (κ1) is 22.8. The van der Waals surface area contributed by atoms with Crippen LogP contribution in [0, 0.1) is 12.7 Å². The Kier molecular flexibility index (Phi) is 6.08. The zero-order valence-electron chi connectivity index (χ0n) is 19.2. The number of halogens is 1. The van der Waals surface area contributed by atoms with Gasteiger partial charge in [0.1, 0.15) is 11.6 Å². The zero-order chi connectivity index (χ0) is 24.5. The van der Waals surface area contributed by atoms with Gasteiger partial charge in [-0.15, -0.1) is 0 Å². The van der Waals surface area contributed by atoms with Crippen molar-refractivity contribution in [3.63, 3.8) is 0 Å². The fourth-order valence-corrected chi connectivity index (χ4v) is 4.82. The lowest BCUT2D eigenvalue weighted by atomic mass is 10.1. The maximum atomic E-state index is 13.3. The van der Waals surface area contributed by atoms with Crippen LogP contribution in [0.5, 0.6) is 0 Å². The first-order chi connectivity index (χ1) is 16.9. The predicted molar refractivity (Wildman–Crippen MR) is 137 cm³/mol. The third kappa shape index (κ3) is 4.54. The predicted octanol–water partition coefficient (Wildman–Crippen LogP) is 4.93. The Morgan fingerprint density at radius 1 is 1.06 bits per heavy atom. The van der Waals surface area contributed by atoms with E-state index in [0.29, 0.717) is 39.8 Å². The van der Waals surface area contributed by atoms with Crippen molar-refractivity contribution in [2.45, 2.75) is 25.5 Å². The number of nitrogens with zero attached hydrogens (tertiary/aromatic N) is 4. The molecule has 5 aromatic rings. The highest BCUT2D eigenvalue weighted by Crippen LogP contribution is 2.23. The fraction of sp³-hybridized carbons (Fsp3) is 0.154. The first-order valence-corrected chi connectivity index (χ1v) is 12.1. The van der Waals surface area contributed by atoms with Crippen LogP contribution in [0.1, 0.15) is 12.6 Å². The molecular formula is C26H22FN5O2S. The minimum absolute atomic E-state index is 0.0547. The average molecular weight is 488 g/mol. The van der Waals surface area contributed by atoms with Crippen LogP contribution in [-0.4, -0.2) is 31.0 Å². The molecule has 5 rings (SSSR count). The molecule has 0 spiro atoms. The molecule has 9 heteroatoms. The van der Waals surface area contributed by atoms with Crippen LogP contribution in [0.3, 0.4) is 0 Å². The van der Waals surface area contributed by atoms with Crippen molar-refractivity contribution in [3.8, 4) is 5.69 Å². The topological polar surface area (TPSA) is 81.8 Å². The van der Waals surface area contributed by atoms with Crippen LogP contribution in [0.2, 0.25) is 0 Å². The van der Waals surface area contributed by atoms with Gasteiger partial charge in [0.2, 0.25) is 5.91 Å². The van der Waals surface area contributed by atoms with E-state index in [1.165, 1.54) is 23.9 Å². The molecule has 7 nitrogen and oxygen atoms in total. The van der Waals surface area contributed by atoms with Crippen LogP contribution in [0.4, 0.5) is 10.2 Å². The molecule has 0 saturated carbocycles. The maximum Gasteiger partial charge on any atom is 0.262 e. The van der Waals surface area contributed by atoms with E-state index in [-0.39, 0.29) is 23.0 Å². The van der Waals surface area contributed by atoms with Gasteiger partial charge >= 0.3 is 0 Å². The van der Waals surface area contributed by atoms with Gasteiger partial charge in [0.05, 0.1) is 28.0 Å². The highest BCUT2D eigenvalue weighted by atomic mass is 32.2. The second-order valence-electron chi connectivity index (χ2n) is 8.06. The Morgan fingerprint density at radius 3 is 2.49 bits per heavy atom. The van der Waals surface area contributed by atoms with E-state index in [9.17, 15) is 14.0 Å². The summed E-state index contributed by atoms with van der Waals surface area (Å²) in [6, 6.07) is 19.2. The Morgan fingerprint density at radius 2 is 1.77 bits per heavy atom. The molecule has 35 heavy (non-hydrogen) atoms. The molecule has 1 amide bonds. The highest BCUT2D eigenvalue weighted by molar-refractivity contribution is 7.99. The molecule has 1 N–H and O–H groups in total. The van der Waals surface area contributed by atoms with E-state index < -0.39 is 0 Å². The summed E-state index contributed by atoms with van der Waals surface area (Å²) in [7, 11) is 0. The molecule has 3 aromatic carbocycles.